The SMILES string of the molecule is Cn1c(C(=O)NCc2cccnc2)cc2c1c1ccccc1n2C.O=C(O)C(F)(F)F. The van der Waals surface area contributed by atoms with Crippen molar-refractivity contribution in [3.63, 3.8) is 0 Å². The number of carboxylic acids is 1. The van der Waals surface area contributed by atoms with Gasteiger partial charge in [0.05, 0.1) is 16.6 Å². The van der Waals surface area contributed by atoms with Gasteiger partial charge in [-0.25, -0.2) is 4.79 Å². The van der Waals surface area contributed by atoms with Crippen molar-refractivity contribution in [3.05, 3.63) is 66.1 Å². The quantitative estimate of drug-likeness (QED) is 0.518. The van der Waals surface area contributed by atoms with E-state index in [0.717, 1.165) is 22.0 Å². The second kappa shape index (κ2) is 8.50. The van der Waals surface area contributed by atoms with E-state index in [-0.39, 0.29) is 5.91 Å². The van der Waals surface area contributed by atoms with Crippen molar-refractivity contribution in [1.29, 1.82) is 0 Å². The van der Waals surface area contributed by atoms with Crippen LogP contribution in [0.2, 0.25) is 0 Å². The van der Waals surface area contributed by atoms with Crippen LogP contribution in [0.4, 0.5) is 13.2 Å². The maximum absolute atomic E-state index is 12.6. The van der Waals surface area contributed by atoms with Crippen molar-refractivity contribution in [3.8, 4) is 0 Å². The number of aryl methyl sites for hydroxylation is 2. The molecule has 1 amide bonds. The Morgan fingerprint density at radius 3 is 2.35 bits per heavy atom. The summed E-state index contributed by atoms with van der Waals surface area (Å²) in [5.41, 5.74) is 4.95. The maximum atomic E-state index is 12.6. The Morgan fingerprint density at radius 2 is 1.74 bits per heavy atom. The van der Waals surface area contributed by atoms with Crippen molar-refractivity contribution in [2.45, 2.75) is 12.7 Å². The first-order chi connectivity index (χ1) is 14.6. The number of amides is 1. The minimum Gasteiger partial charge on any atom is -0.475 e. The lowest BCUT2D eigenvalue weighted by molar-refractivity contribution is -0.192. The van der Waals surface area contributed by atoms with Crippen LogP contribution in [0.5, 0.6) is 0 Å². The van der Waals surface area contributed by atoms with E-state index in [4.69, 9.17) is 9.90 Å². The number of para-hydroxylation sites is 1. The van der Waals surface area contributed by atoms with E-state index in [9.17, 15) is 18.0 Å². The van der Waals surface area contributed by atoms with Gasteiger partial charge in [-0.15, -0.1) is 0 Å². The molecule has 7 nitrogen and oxygen atoms in total. The first kappa shape index (κ1) is 21.9. The Kier molecular flexibility index (Phi) is 6.00. The number of nitrogens with zero attached hydrogens (tertiary/aromatic N) is 3. The maximum Gasteiger partial charge on any atom is 0.490 e. The molecule has 1 aromatic carbocycles. The molecule has 0 bridgehead atoms. The number of hydrogen-bond donors (Lipinski definition) is 2. The first-order valence-electron chi connectivity index (χ1n) is 9.11. The number of carbonyl (C=O) groups is 2. The number of alkyl halides is 3. The predicted octanol–water partition coefficient (Wildman–Crippen LogP) is 3.63. The molecule has 0 aliphatic carbocycles. The Hall–Kier alpha value is -3.82. The Bertz CT molecular complexity index is 1240. The van der Waals surface area contributed by atoms with E-state index < -0.39 is 12.1 Å². The number of aliphatic carboxylic acids is 1. The molecule has 0 radical (unpaired) electrons. The van der Waals surface area contributed by atoms with Crippen LogP contribution in [-0.2, 0) is 25.4 Å². The van der Waals surface area contributed by atoms with E-state index in [1.165, 1.54) is 5.52 Å². The van der Waals surface area contributed by atoms with E-state index in [0.29, 0.717) is 12.2 Å². The number of hydrogen-bond acceptors (Lipinski definition) is 3. The number of fused-ring (bicyclic) bond motifs is 3. The van der Waals surface area contributed by atoms with Crippen LogP contribution in [-0.4, -0.2) is 37.3 Å². The zero-order valence-corrected chi connectivity index (χ0v) is 16.6. The molecule has 0 aliphatic heterocycles. The lowest BCUT2D eigenvalue weighted by atomic mass is 10.2. The molecule has 0 atom stereocenters. The summed E-state index contributed by atoms with van der Waals surface area (Å²) in [6.45, 7) is 0.467. The number of carboxylic acid groups (broad SMARTS) is 1. The van der Waals surface area contributed by atoms with Crippen LogP contribution in [0.25, 0.3) is 21.9 Å². The summed E-state index contributed by atoms with van der Waals surface area (Å²) >= 11 is 0. The lowest BCUT2D eigenvalue weighted by Crippen LogP contribution is -2.24. The Morgan fingerprint density at radius 1 is 1.06 bits per heavy atom. The van der Waals surface area contributed by atoms with Crippen LogP contribution in [0, 0.1) is 0 Å². The third-order valence-corrected chi connectivity index (χ3v) is 4.75. The smallest absolute Gasteiger partial charge is 0.475 e. The fourth-order valence-corrected chi connectivity index (χ4v) is 3.25. The zero-order chi connectivity index (χ0) is 22.8. The minimum atomic E-state index is -5.08. The van der Waals surface area contributed by atoms with Crippen molar-refractivity contribution >= 4 is 33.8 Å². The number of pyridine rings is 1. The number of halogens is 3. The van der Waals surface area contributed by atoms with Gasteiger partial charge in [-0.2, -0.15) is 13.2 Å². The largest absolute Gasteiger partial charge is 0.490 e. The van der Waals surface area contributed by atoms with E-state index in [1.807, 2.05) is 49.0 Å². The van der Waals surface area contributed by atoms with Gasteiger partial charge >= 0.3 is 12.1 Å². The van der Waals surface area contributed by atoms with Gasteiger partial charge in [-0.05, 0) is 23.8 Å². The van der Waals surface area contributed by atoms with E-state index in [1.54, 1.807) is 12.4 Å². The summed E-state index contributed by atoms with van der Waals surface area (Å²) in [4.78, 5) is 25.6. The molecule has 0 saturated heterocycles. The molecule has 31 heavy (non-hydrogen) atoms. The second-order valence-corrected chi connectivity index (χ2v) is 6.75. The molecule has 3 heterocycles. The highest BCUT2D eigenvalue weighted by atomic mass is 19.4. The minimum absolute atomic E-state index is 0.0818. The van der Waals surface area contributed by atoms with Crippen molar-refractivity contribution in [2.24, 2.45) is 14.1 Å². The topological polar surface area (TPSA) is 89.2 Å². The summed E-state index contributed by atoms with van der Waals surface area (Å²) in [7, 11) is 3.97. The molecule has 0 unspecified atom stereocenters. The molecule has 10 heteroatoms. The molecule has 0 saturated carbocycles. The Labute approximate surface area is 174 Å². The summed E-state index contributed by atoms with van der Waals surface area (Å²) in [6, 6.07) is 14.0. The highest BCUT2D eigenvalue weighted by Gasteiger charge is 2.38. The van der Waals surface area contributed by atoms with Crippen LogP contribution < -0.4 is 5.32 Å². The lowest BCUT2D eigenvalue weighted by Gasteiger charge is -2.07. The summed E-state index contributed by atoms with van der Waals surface area (Å²) in [5, 5.41) is 11.2. The fourth-order valence-electron chi connectivity index (χ4n) is 3.25. The predicted molar refractivity (Wildman–Crippen MR) is 108 cm³/mol. The summed E-state index contributed by atoms with van der Waals surface area (Å²) in [5.74, 6) is -2.84. The van der Waals surface area contributed by atoms with Gasteiger partial charge in [0.15, 0.2) is 0 Å². The van der Waals surface area contributed by atoms with Crippen LogP contribution in [0.3, 0.4) is 0 Å². The molecular formula is C21H19F3N4O3. The standard InChI is InChI=1S/C19H18N4O.C2HF3O2/c1-22-15-8-4-3-7-14(15)18-16(22)10-17(23(18)2)19(24)21-12-13-6-5-9-20-11-13;3-2(4,5)1(6)7/h3-11H,12H2,1-2H3,(H,21,24);(H,6,7). The first-order valence-corrected chi connectivity index (χ1v) is 9.11. The highest BCUT2D eigenvalue weighted by molar-refractivity contribution is 6.10. The van der Waals surface area contributed by atoms with Crippen LogP contribution >= 0.6 is 0 Å². The van der Waals surface area contributed by atoms with Crippen molar-refractivity contribution in [2.75, 3.05) is 0 Å². The molecular weight excluding hydrogens is 413 g/mol. The third kappa shape index (κ3) is 4.52. The molecule has 0 spiro atoms. The normalized spacial score (nSPS) is 11.3. The van der Waals surface area contributed by atoms with Crippen molar-refractivity contribution < 1.29 is 27.9 Å². The van der Waals surface area contributed by atoms with Gasteiger partial charge in [0.2, 0.25) is 0 Å². The van der Waals surface area contributed by atoms with Gasteiger partial charge in [0, 0.05) is 38.4 Å². The molecule has 0 fully saturated rings. The average molecular weight is 432 g/mol. The molecule has 4 aromatic rings. The molecule has 162 valence electrons. The monoisotopic (exact) mass is 432 g/mol. The van der Waals surface area contributed by atoms with Gasteiger partial charge in [0.25, 0.3) is 5.91 Å². The van der Waals surface area contributed by atoms with Crippen molar-refractivity contribution in [1.82, 2.24) is 19.4 Å². The molecule has 4 rings (SSSR count). The van der Waals surface area contributed by atoms with Gasteiger partial charge in [0.1, 0.15) is 5.69 Å². The van der Waals surface area contributed by atoms with Gasteiger partial charge in [-0.3, -0.25) is 9.78 Å². The zero-order valence-electron chi connectivity index (χ0n) is 16.6. The van der Waals surface area contributed by atoms with E-state index >= 15 is 0 Å². The van der Waals surface area contributed by atoms with Crippen LogP contribution in [0.15, 0.2) is 54.9 Å². The third-order valence-electron chi connectivity index (χ3n) is 4.75. The number of aromatic nitrogens is 3. The van der Waals surface area contributed by atoms with E-state index in [2.05, 4.69) is 27.0 Å². The molecule has 3 aromatic heterocycles. The average Bonchev–Trinajstić information content (AvgIpc) is 3.22. The molecule has 2 N–H and O–H groups in total. The van der Waals surface area contributed by atoms with Gasteiger partial charge in [-0.1, -0.05) is 24.3 Å². The number of nitrogens with one attached hydrogen (secondary N) is 1. The molecule has 0 aliphatic rings. The summed E-state index contributed by atoms with van der Waals surface area (Å²) < 4.78 is 35.8. The fraction of sp³-hybridized carbons (Fsp3) is 0.190. The highest BCUT2D eigenvalue weighted by Crippen LogP contribution is 2.30. The summed E-state index contributed by atoms with van der Waals surface area (Å²) in [6.07, 6.45) is -1.60. The van der Waals surface area contributed by atoms with Gasteiger partial charge < -0.3 is 19.6 Å². The Balaban J connectivity index is 0.000000339. The number of benzene rings is 1. The van der Waals surface area contributed by atoms with Crippen LogP contribution in [0.1, 0.15) is 16.1 Å². The second-order valence-electron chi connectivity index (χ2n) is 6.75. The number of rotatable bonds is 3. The number of carbonyl (C=O) groups excluding carboxylic acids is 1.